The van der Waals surface area contributed by atoms with Crippen LogP contribution in [0.25, 0.3) is 0 Å². The van der Waals surface area contributed by atoms with Gasteiger partial charge in [-0.3, -0.25) is 48.6 Å². The first-order valence-corrected chi connectivity index (χ1v) is 29.0. The van der Waals surface area contributed by atoms with Crippen molar-refractivity contribution in [1.82, 2.24) is 26.2 Å². The van der Waals surface area contributed by atoms with E-state index in [1.54, 1.807) is 20.8 Å². The molecular weight excluding hydrogens is 1150 g/mol. The van der Waals surface area contributed by atoms with Gasteiger partial charge in [0, 0.05) is 87.0 Å². The Morgan fingerprint density at radius 3 is 2.28 bits per heavy atom. The Morgan fingerprint density at radius 1 is 0.875 bits per heavy atom. The molecule has 3 aromatic carbocycles. The number of carbonyl (C=O) groups is 10. The lowest BCUT2D eigenvalue weighted by Crippen LogP contribution is -2.54. The van der Waals surface area contributed by atoms with E-state index in [9.17, 15) is 68.4 Å². The number of anilines is 1. The molecule has 28 nitrogen and oxygen atoms in total. The van der Waals surface area contributed by atoms with Crippen LogP contribution in [0.1, 0.15) is 133 Å². The molecule has 0 spiro atoms. The number of benzene rings is 3. The number of nitrogens with zero attached hydrogens (tertiary/aromatic N) is 1. The first-order valence-electron chi connectivity index (χ1n) is 29.0. The van der Waals surface area contributed by atoms with Gasteiger partial charge < -0.3 is 80.6 Å². The minimum atomic E-state index is -2.37. The molecule has 2 saturated heterocycles. The van der Waals surface area contributed by atoms with Gasteiger partial charge in [-0.2, -0.15) is 0 Å². The van der Waals surface area contributed by atoms with Crippen molar-refractivity contribution < 1.29 is 102 Å². The van der Waals surface area contributed by atoms with Crippen LogP contribution in [0.15, 0.2) is 54.6 Å². The minimum absolute atomic E-state index is 0.0423. The first-order chi connectivity index (χ1) is 42.0. The summed E-state index contributed by atoms with van der Waals surface area (Å²) in [5.74, 6) is -8.07. The summed E-state index contributed by atoms with van der Waals surface area (Å²) in [7, 11) is 1.48. The number of primary amides is 1. The minimum Gasteiger partial charge on any atom is -0.507 e. The fraction of sp³-hybridized carbons (Fsp3) is 0.500. The summed E-state index contributed by atoms with van der Waals surface area (Å²) in [6, 6.07) is 6.73. The Labute approximate surface area is 505 Å². The van der Waals surface area contributed by atoms with Crippen molar-refractivity contribution >= 4 is 64.8 Å². The average molecular weight is 1230 g/mol. The van der Waals surface area contributed by atoms with E-state index in [1.807, 2.05) is 0 Å². The Bertz CT molecular complexity index is 3190. The number of unbranched alkanes of at least 4 members (excludes halogenated alkanes) is 2. The number of ether oxygens (including phenoxy) is 7. The molecule has 0 aromatic heterocycles. The topological polar surface area (TPSA) is 406 Å². The van der Waals surface area contributed by atoms with Crippen LogP contribution in [0.5, 0.6) is 17.2 Å². The molecule has 88 heavy (non-hydrogen) atoms. The van der Waals surface area contributed by atoms with Crippen molar-refractivity contribution in [2.45, 2.75) is 146 Å². The summed E-state index contributed by atoms with van der Waals surface area (Å²) >= 11 is 0. The number of phenolic OH excluding ortho intramolecular Hbond substituents is 2. The van der Waals surface area contributed by atoms with E-state index in [4.69, 9.17) is 38.9 Å². The molecule has 11 N–H and O–H groups in total. The molecule has 0 saturated carbocycles. The van der Waals surface area contributed by atoms with Gasteiger partial charge in [-0.1, -0.05) is 44.5 Å². The standard InChI is InChI=1S/C60H73N7O21/c1-30(2)49(66-41(70)13-6-5-7-24-67-42(71)19-20-43(67)72)55(78)65-36(11-9-22-63-58(61)79)54(77)64-33-16-14-32(15-17-33)29-84-59(80)88-38-12-8-10-34-45(38)52(75)48-47(50(34)73)51(74)35-26-60(81,40(69)28-68)27-39(46(35)53(48)76)86-44-21-18-37(31(3)85-44)87-56-57(82-4)83-25-23-62-56/h8,10,12,14-17,19-20,30-31,36-37,39,44,49,56-57,62,68,74,76,81H,5-7,9,11,13,18,21-29H2,1-4H3,(H,64,77)(H,65,78)(H,66,70)(H3,61,63,79)/t31-,36-,37-,39-,44-,49-,56+,57-,60-/m0/s1. The molecule has 0 unspecified atom stereocenters. The maximum Gasteiger partial charge on any atom is 0.514 e. The van der Waals surface area contributed by atoms with Gasteiger partial charge in [-0.25, -0.2) is 9.59 Å². The monoisotopic (exact) mass is 1230 g/mol. The van der Waals surface area contributed by atoms with Gasteiger partial charge in [0.25, 0.3) is 11.8 Å². The summed E-state index contributed by atoms with van der Waals surface area (Å²) < 4.78 is 40.7. The Balaban J connectivity index is 0.900. The number of methoxy groups -OCH3 is 1. The SMILES string of the molecule is CO[C@H]1OCCN[C@@H]1O[C@H]1CC[C@H](O[C@H]2C[C@](O)(C(=O)CO)Cc3c(O)c4c(c(O)c32)C(=O)c2c(OC(=O)OCc3ccc(NC(=O)[C@H](CCCNC(N)=O)NC(=O)[C@@H](NC(=O)CCCCCN5C(=O)C=CC5=O)C(C)C)cc3)cccc2C4=O)O[C@H]1C. The number of fused-ring (bicyclic) bond motifs is 3. The quantitative estimate of drug-likeness (QED) is 0.0142. The summed E-state index contributed by atoms with van der Waals surface area (Å²) in [6.45, 7) is 4.90. The van der Waals surface area contributed by atoms with E-state index in [1.165, 1.54) is 61.7 Å². The molecule has 8 rings (SSSR count). The predicted octanol–water partition coefficient (Wildman–Crippen LogP) is 2.21. The lowest BCUT2D eigenvalue weighted by molar-refractivity contribution is -0.281. The molecule has 2 aliphatic carbocycles. The fourth-order valence-electron chi connectivity index (χ4n) is 11.1. The highest BCUT2D eigenvalue weighted by Gasteiger charge is 2.50. The molecule has 3 aromatic rings. The number of urea groups is 1. The molecule has 5 aliphatic rings. The van der Waals surface area contributed by atoms with Crippen molar-refractivity contribution in [2.75, 3.05) is 45.3 Å². The molecular formula is C60H73N7O21. The van der Waals surface area contributed by atoms with E-state index in [-0.39, 0.29) is 73.0 Å². The number of Topliss-reactive ketones (excluding diaryl/α,β-unsaturated/α-hetero) is 1. The maximum atomic E-state index is 14.6. The van der Waals surface area contributed by atoms with Crippen LogP contribution in [-0.2, 0) is 70.2 Å². The largest absolute Gasteiger partial charge is 0.514 e. The van der Waals surface area contributed by atoms with Gasteiger partial charge in [-0.05, 0) is 68.7 Å². The van der Waals surface area contributed by atoms with Crippen molar-refractivity contribution in [3.63, 3.8) is 0 Å². The first kappa shape index (κ1) is 65.7. The molecule has 474 valence electrons. The second kappa shape index (κ2) is 29.2. The number of phenols is 2. The smallest absolute Gasteiger partial charge is 0.507 e. The highest BCUT2D eigenvalue weighted by atomic mass is 16.7. The molecule has 0 radical (unpaired) electrons. The highest BCUT2D eigenvalue weighted by Crippen LogP contribution is 2.53. The van der Waals surface area contributed by atoms with Crippen LogP contribution in [0.3, 0.4) is 0 Å². The van der Waals surface area contributed by atoms with E-state index >= 15 is 0 Å². The van der Waals surface area contributed by atoms with Crippen LogP contribution in [0.4, 0.5) is 15.3 Å². The van der Waals surface area contributed by atoms with E-state index in [0.717, 1.165) is 4.90 Å². The number of imide groups is 1. The number of hydrogen-bond donors (Lipinski definition) is 10. The van der Waals surface area contributed by atoms with Crippen LogP contribution >= 0.6 is 0 Å². The third-order valence-corrected chi connectivity index (χ3v) is 15.8. The summed E-state index contributed by atoms with van der Waals surface area (Å²) in [6.07, 6.45) is -2.75. The van der Waals surface area contributed by atoms with Gasteiger partial charge in [0.2, 0.25) is 23.5 Å². The Morgan fingerprint density at radius 2 is 1.60 bits per heavy atom. The van der Waals surface area contributed by atoms with E-state index in [2.05, 4.69) is 26.6 Å². The second-order valence-electron chi connectivity index (χ2n) is 22.2. The Kier molecular flexibility index (Phi) is 21.8. The molecule has 7 amide bonds. The number of hydrogen-bond acceptors (Lipinski definition) is 22. The zero-order chi connectivity index (χ0) is 63.6. The van der Waals surface area contributed by atoms with Crippen molar-refractivity contribution in [1.29, 1.82) is 0 Å². The normalized spacial score (nSPS) is 22.9. The van der Waals surface area contributed by atoms with Crippen molar-refractivity contribution in [3.05, 3.63) is 93.6 Å². The lowest BCUT2D eigenvalue weighted by atomic mass is 9.72. The number of amides is 7. The van der Waals surface area contributed by atoms with E-state index < -0.39 is 168 Å². The third kappa shape index (κ3) is 15.4. The number of carbonyl (C=O) groups excluding carboxylic acids is 10. The number of nitrogens with two attached hydrogens (primary N) is 1. The van der Waals surface area contributed by atoms with Crippen LogP contribution in [-0.4, -0.2) is 173 Å². The van der Waals surface area contributed by atoms with Crippen LogP contribution in [0.2, 0.25) is 0 Å². The van der Waals surface area contributed by atoms with Gasteiger partial charge >= 0.3 is 12.2 Å². The lowest BCUT2D eigenvalue weighted by Gasteiger charge is -2.42. The zero-order valence-electron chi connectivity index (χ0n) is 49.0. The van der Waals surface area contributed by atoms with Crippen LogP contribution in [0, 0.1) is 5.92 Å². The average Bonchev–Trinajstić information content (AvgIpc) is 0.781. The molecule has 28 heteroatoms. The molecule has 3 aliphatic heterocycles. The zero-order valence-corrected chi connectivity index (χ0v) is 49.0. The maximum absolute atomic E-state index is 14.6. The summed E-state index contributed by atoms with van der Waals surface area (Å²) in [4.78, 5) is 132. The van der Waals surface area contributed by atoms with Crippen LogP contribution < -0.4 is 37.1 Å². The van der Waals surface area contributed by atoms with Crippen molar-refractivity contribution in [2.24, 2.45) is 11.7 Å². The second-order valence-corrected chi connectivity index (χ2v) is 22.2. The number of ketones is 3. The molecule has 2 fully saturated rings. The van der Waals surface area contributed by atoms with E-state index in [0.29, 0.717) is 44.4 Å². The number of nitrogens with one attached hydrogen (secondary N) is 5. The van der Waals surface area contributed by atoms with Gasteiger partial charge in [-0.15, -0.1) is 0 Å². The predicted molar refractivity (Wildman–Crippen MR) is 305 cm³/mol. The molecule has 3 heterocycles. The number of aliphatic hydroxyl groups excluding tert-OH is 1. The van der Waals surface area contributed by atoms with Gasteiger partial charge in [0.1, 0.15) is 48.1 Å². The molecule has 0 bridgehead atoms. The van der Waals surface area contributed by atoms with Gasteiger partial charge in [0.05, 0.1) is 41.6 Å². The number of aliphatic hydroxyl groups is 2. The third-order valence-electron chi connectivity index (χ3n) is 15.8. The fourth-order valence-corrected chi connectivity index (χ4v) is 11.1. The molecule has 9 atom stereocenters. The van der Waals surface area contributed by atoms with Gasteiger partial charge in [0.15, 0.2) is 30.4 Å². The number of morpholine rings is 1. The summed E-state index contributed by atoms with van der Waals surface area (Å²) in [5, 5.41) is 59.4. The summed E-state index contributed by atoms with van der Waals surface area (Å²) in [5.41, 5.74) is 0.836. The number of rotatable bonds is 26. The number of aromatic hydroxyl groups is 2. The highest BCUT2D eigenvalue weighted by molar-refractivity contribution is 6.31. The van der Waals surface area contributed by atoms with Crippen molar-refractivity contribution in [3.8, 4) is 17.2 Å². The Hall–Kier alpha value is -8.22.